The third kappa shape index (κ3) is 4.41. The molecule has 6 aromatic carbocycles. The second-order valence-electron chi connectivity index (χ2n) is 18.9. The summed E-state index contributed by atoms with van der Waals surface area (Å²) >= 11 is 0. The summed E-state index contributed by atoms with van der Waals surface area (Å²) in [6.07, 6.45) is 17.6. The summed E-state index contributed by atoms with van der Waals surface area (Å²) in [7, 11) is 0. The number of hydrogen-bond acceptors (Lipinski definition) is 4. The first kappa shape index (κ1) is 34.3. The average molecular weight is 755 g/mol. The second kappa shape index (κ2) is 11.9. The standard InChI is InChI=1S/C54H50N4/c1-51-21-5-7-23-53(51,3)57(43-17-25-55-26-18-43)47-15-13-35(33-45(47)51)41-29-37-9-11-39-31-42(32-40-12-10-38(30-41)49(37)50(39)40)36-14-16-48-46(34-36)52(2)22-6-8-24-54(52,4)58(48)44-19-27-56-28-20-44/h9-20,25-34H,5-8,21-24H2,1-4H3. The zero-order valence-corrected chi connectivity index (χ0v) is 34.1. The van der Waals surface area contributed by atoms with Gasteiger partial charge in [-0.15, -0.1) is 0 Å². The zero-order chi connectivity index (χ0) is 39.0. The number of anilines is 4. The van der Waals surface area contributed by atoms with Crippen LogP contribution in [0.3, 0.4) is 0 Å². The van der Waals surface area contributed by atoms with Crippen LogP contribution >= 0.6 is 0 Å². The van der Waals surface area contributed by atoms with E-state index in [-0.39, 0.29) is 21.9 Å². The Labute approximate surface area is 341 Å². The minimum absolute atomic E-state index is 0.0223. The zero-order valence-electron chi connectivity index (χ0n) is 34.1. The number of hydrogen-bond donors (Lipinski definition) is 0. The molecule has 4 aliphatic rings. The second-order valence-corrected chi connectivity index (χ2v) is 18.9. The van der Waals surface area contributed by atoms with Gasteiger partial charge < -0.3 is 9.80 Å². The van der Waals surface area contributed by atoms with Crippen LogP contribution < -0.4 is 9.80 Å². The van der Waals surface area contributed by atoms with Crippen LogP contribution in [0.4, 0.5) is 22.7 Å². The van der Waals surface area contributed by atoms with Gasteiger partial charge in [0, 0.05) is 58.4 Å². The molecule has 0 spiro atoms. The van der Waals surface area contributed by atoms with Crippen molar-refractivity contribution >= 4 is 55.1 Å². The Morgan fingerprint density at radius 3 is 1.14 bits per heavy atom. The van der Waals surface area contributed by atoms with Gasteiger partial charge >= 0.3 is 0 Å². The molecule has 4 nitrogen and oxygen atoms in total. The quantitative estimate of drug-likeness (QED) is 0.168. The van der Waals surface area contributed by atoms with Gasteiger partial charge in [0.05, 0.1) is 11.1 Å². The maximum Gasteiger partial charge on any atom is 0.0517 e. The lowest BCUT2D eigenvalue weighted by Crippen LogP contribution is -2.54. The first-order valence-corrected chi connectivity index (χ1v) is 21.6. The number of nitrogens with zero attached hydrogens (tertiary/aromatic N) is 4. The Morgan fingerprint density at radius 1 is 0.397 bits per heavy atom. The van der Waals surface area contributed by atoms with Crippen molar-refractivity contribution in [3.63, 3.8) is 0 Å². The highest BCUT2D eigenvalue weighted by atomic mass is 15.3. The highest BCUT2D eigenvalue weighted by Gasteiger charge is 2.59. The first-order chi connectivity index (χ1) is 28.2. The Kier molecular flexibility index (Phi) is 7.05. The summed E-state index contributed by atoms with van der Waals surface area (Å²) in [5.74, 6) is 0. The highest BCUT2D eigenvalue weighted by Crippen LogP contribution is 2.63. The SMILES string of the molecule is CC12CCCCC1(C)N(c1ccncc1)c1ccc(-c3cc4ccc5cc(-c6ccc7c(c6)C6(C)CCCCC6(C)N7c6ccncc6)cc6ccc(c3)c4c56)cc12. The summed E-state index contributed by atoms with van der Waals surface area (Å²) in [6, 6.07) is 42.5. The van der Waals surface area contributed by atoms with Crippen molar-refractivity contribution in [2.24, 2.45) is 0 Å². The van der Waals surface area contributed by atoms with Crippen LogP contribution in [0.25, 0.3) is 54.6 Å². The molecule has 0 bridgehead atoms. The van der Waals surface area contributed by atoms with Crippen molar-refractivity contribution in [1.29, 1.82) is 0 Å². The monoisotopic (exact) mass is 754 g/mol. The molecule has 0 saturated heterocycles. The minimum atomic E-state index is 0.0223. The molecule has 4 unspecified atom stereocenters. The van der Waals surface area contributed by atoms with E-state index in [9.17, 15) is 0 Å². The van der Waals surface area contributed by atoms with Gasteiger partial charge in [-0.2, -0.15) is 0 Å². The van der Waals surface area contributed by atoms with E-state index in [1.165, 1.54) is 140 Å². The molecule has 2 fully saturated rings. The van der Waals surface area contributed by atoms with Crippen molar-refractivity contribution < 1.29 is 0 Å². The maximum atomic E-state index is 4.36. The van der Waals surface area contributed by atoms with Crippen molar-refractivity contribution in [1.82, 2.24) is 9.97 Å². The van der Waals surface area contributed by atoms with E-state index in [0.29, 0.717) is 0 Å². The molecule has 2 aliphatic carbocycles. The van der Waals surface area contributed by atoms with Crippen LogP contribution in [0.2, 0.25) is 0 Å². The molecule has 0 radical (unpaired) electrons. The minimum Gasteiger partial charge on any atom is -0.334 e. The molecular formula is C54H50N4. The number of rotatable bonds is 4. The topological polar surface area (TPSA) is 32.3 Å². The lowest BCUT2D eigenvalue weighted by atomic mass is 9.61. The summed E-state index contributed by atoms with van der Waals surface area (Å²) in [4.78, 5) is 14.0. The van der Waals surface area contributed by atoms with Gasteiger partial charge in [-0.1, -0.05) is 75.9 Å². The molecule has 4 atom stereocenters. The fraction of sp³-hybridized carbons (Fsp3) is 0.296. The molecule has 58 heavy (non-hydrogen) atoms. The van der Waals surface area contributed by atoms with E-state index in [4.69, 9.17) is 0 Å². The third-order valence-electron chi connectivity index (χ3n) is 16.3. The molecule has 0 amide bonds. The van der Waals surface area contributed by atoms with Crippen LogP contribution in [0, 0.1) is 0 Å². The van der Waals surface area contributed by atoms with E-state index >= 15 is 0 Å². The van der Waals surface area contributed by atoms with Gasteiger partial charge in [0.25, 0.3) is 0 Å². The molecule has 8 aromatic rings. The predicted molar refractivity (Wildman–Crippen MR) is 242 cm³/mol. The summed E-state index contributed by atoms with van der Waals surface area (Å²) in [5.41, 5.74) is 13.5. The Bertz CT molecular complexity index is 2670. The van der Waals surface area contributed by atoms with Crippen LogP contribution in [0.5, 0.6) is 0 Å². The molecular weight excluding hydrogens is 705 g/mol. The summed E-state index contributed by atoms with van der Waals surface area (Å²) in [6.45, 7) is 10.1. The molecule has 4 heteroatoms. The molecule has 2 saturated carbocycles. The normalized spacial score (nSPS) is 26.3. The van der Waals surface area contributed by atoms with Gasteiger partial charge in [0.2, 0.25) is 0 Å². The fourth-order valence-corrected chi connectivity index (χ4v) is 12.8. The molecule has 2 aliphatic heterocycles. The van der Waals surface area contributed by atoms with Gasteiger partial charge in [-0.25, -0.2) is 0 Å². The largest absolute Gasteiger partial charge is 0.334 e. The van der Waals surface area contributed by atoms with E-state index < -0.39 is 0 Å². The lowest BCUT2D eigenvalue weighted by Gasteiger charge is -2.50. The van der Waals surface area contributed by atoms with E-state index in [0.717, 1.165) is 0 Å². The number of benzene rings is 6. The summed E-state index contributed by atoms with van der Waals surface area (Å²) < 4.78 is 0. The van der Waals surface area contributed by atoms with Crippen LogP contribution in [0.1, 0.15) is 90.2 Å². The van der Waals surface area contributed by atoms with Crippen LogP contribution in [-0.4, -0.2) is 21.0 Å². The van der Waals surface area contributed by atoms with Crippen molar-refractivity contribution in [3.8, 4) is 22.3 Å². The molecule has 4 heterocycles. The van der Waals surface area contributed by atoms with Gasteiger partial charge in [-0.05, 0) is 178 Å². The number of pyridine rings is 2. The first-order valence-electron chi connectivity index (χ1n) is 21.6. The Hall–Kier alpha value is -5.74. The van der Waals surface area contributed by atoms with Crippen molar-refractivity contribution in [2.45, 2.75) is 101 Å². The third-order valence-corrected chi connectivity index (χ3v) is 16.3. The predicted octanol–water partition coefficient (Wildman–Crippen LogP) is 14.2. The maximum absolute atomic E-state index is 4.36. The van der Waals surface area contributed by atoms with E-state index in [2.05, 4.69) is 157 Å². The van der Waals surface area contributed by atoms with Crippen LogP contribution in [0.15, 0.2) is 134 Å². The van der Waals surface area contributed by atoms with Gasteiger partial charge in [0.15, 0.2) is 0 Å². The highest BCUT2D eigenvalue weighted by molar-refractivity contribution is 6.24. The molecule has 12 rings (SSSR count). The summed E-state index contributed by atoms with van der Waals surface area (Å²) in [5, 5.41) is 7.98. The van der Waals surface area contributed by atoms with Gasteiger partial charge in [0.1, 0.15) is 0 Å². The fourth-order valence-electron chi connectivity index (χ4n) is 12.8. The molecule has 286 valence electrons. The number of aromatic nitrogens is 2. The van der Waals surface area contributed by atoms with Crippen LogP contribution in [-0.2, 0) is 10.8 Å². The smallest absolute Gasteiger partial charge is 0.0517 e. The Morgan fingerprint density at radius 2 is 0.759 bits per heavy atom. The number of fused-ring (bicyclic) bond motifs is 6. The average Bonchev–Trinajstić information content (AvgIpc) is 3.60. The lowest BCUT2D eigenvalue weighted by molar-refractivity contribution is 0.195. The Balaban J connectivity index is 0.950. The molecule has 0 N–H and O–H groups in total. The van der Waals surface area contributed by atoms with E-state index in [1.54, 1.807) is 0 Å². The van der Waals surface area contributed by atoms with Crippen molar-refractivity contribution in [2.75, 3.05) is 9.80 Å². The molecule has 2 aromatic heterocycles. The van der Waals surface area contributed by atoms with Crippen molar-refractivity contribution in [3.05, 3.63) is 145 Å². The van der Waals surface area contributed by atoms with Gasteiger partial charge in [-0.3, -0.25) is 9.97 Å². The van der Waals surface area contributed by atoms with E-state index in [1.807, 2.05) is 24.8 Å².